The number of fused-ring (bicyclic) bond motifs is 1. The number of sulfonamides is 1. The molecule has 2 aromatic heterocycles. The van der Waals surface area contributed by atoms with Gasteiger partial charge in [0, 0.05) is 23.6 Å². The standard InChI is InChI=1S/C10H10BrN5O3S/c11-6-1-2-16-8(3-6)13-10(14-16)15-5-7(4-9(15)17)20(12,18)19/h1-3,7H,4-5H2,(H2,12,18,19). The van der Waals surface area contributed by atoms with Gasteiger partial charge in [0.2, 0.25) is 15.9 Å². The molecule has 0 aromatic carbocycles. The zero-order valence-electron chi connectivity index (χ0n) is 10.1. The molecule has 3 heterocycles. The minimum absolute atomic E-state index is 0.0181. The van der Waals surface area contributed by atoms with Crippen molar-refractivity contribution in [2.45, 2.75) is 11.7 Å². The van der Waals surface area contributed by atoms with Gasteiger partial charge >= 0.3 is 0 Å². The molecule has 1 unspecified atom stereocenters. The number of rotatable bonds is 2. The second-order valence-corrected chi connectivity index (χ2v) is 7.24. The number of anilines is 1. The highest BCUT2D eigenvalue weighted by Crippen LogP contribution is 2.22. The van der Waals surface area contributed by atoms with Crippen molar-refractivity contribution < 1.29 is 13.2 Å². The van der Waals surface area contributed by atoms with Gasteiger partial charge in [-0.05, 0) is 12.1 Å². The molecule has 1 saturated heterocycles. The second kappa shape index (κ2) is 4.50. The molecule has 0 aliphatic carbocycles. The topological polar surface area (TPSA) is 111 Å². The van der Waals surface area contributed by atoms with Crippen LogP contribution >= 0.6 is 15.9 Å². The fourth-order valence-electron chi connectivity index (χ4n) is 2.05. The van der Waals surface area contributed by atoms with E-state index in [4.69, 9.17) is 5.14 Å². The predicted molar refractivity (Wildman–Crippen MR) is 74.6 cm³/mol. The lowest BCUT2D eigenvalue weighted by atomic mass is 10.4. The minimum Gasteiger partial charge on any atom is -0.278 e. The van der Waals surface area contributed by atoms with Crippen molar-refractivity contribution in [3.8, 4) is 0 Å². The summed E-state index contributed by atoms with van der Waals surface area (Å²) < 4.78 is 25.0. The Bertz CT molecular complexity index is 802. The molecule has 8 nitrogen and oxygen atoms in total. The van der Waals surface area contributed by atoms with Crippen LogP contribution in [-0.4, -0.2) is 40.7 Å². The van der Waals surface area contributed by atoms with Crippen molar-refractivity contribution in [2.75, 3.05) is 11.4 Å². The summed E-state index contributed by atoms with van der Waals surface area (Å²) >= 11 is 3.32. The fourth-order valence-corrected chi connectivity index (χ4v) is 3.10. The van der Waals surface area contributed by atoms with E-state index in [2.05, 4.69) is 26.0 Å². The van der Waals surface area contributed by atoms with Crippen molar-refractivity contribution >= 4 is 43.5 Å². The Labute approximate surface area is 122 Å². The highest BCUT2D eigenvalue weighted by Gasteiger charge is 2.38. The van der Waals surface area contributed by atoms with Gasteiger partial charge in [-0.15, -0.1) is 5.10 Å². The van der Waals surface area contributed by atoms with Crippen LogP contribution in [0, 0.1) is 0 Å². The molecule has 2 N–H and O–H groups in total. The smallest absolute Gasteiger partial charge is 0.252 e. The average molecular weight is 360 g/mol. The molecule has 0 saturated carbocycles. The first-order valence-corrected chi connectivity index (χ1v) is 8.09. The molecule has 1 aliphatic heterocycles. The van der Waals surface area contributed by atoms with Gasteiger partial charge in [0.25, 0.3) is 5.95 Å². The molecule has 0 radical (unpaired) electrons. The molecule has 3 rings (SSSR count). The monoisotopic (exact) mass is 359 g/mol. The van der Waals surface area contributed by atoms with Gasteiger partial charge in [0.1, 0.15) is 5.25 Å². The van der Waals surface area contributed by atoms with Gasteiger partial charge in [-0.2, -0.15) is 4.98 Å². The number of carbonyl (C=O) groups is 1. The first-order valence-electron chi connectivity index (χ1n) is 5.68. The highest BCUT2D eigenvalue weighted by molar-refractivity contribution is 9.10. The van der Waals surface area contributed by atoms with Crippen LogP contribution in [0.15, 0.2) is 22.8 Å². The van der Waals surface area contributed by atoms with E-state index in [9.17, 15) is 13.2 Å². The number of amides is 1. The lowest BCUT2D eigenvalue weighted by Crippen LogP contribution is -2.32. The third kappa shape index (κ3) is 2.30. The Morgan fingerprint density at radius 1 is 1.45 bits per heavy atom. The predicted octanol–water partition coefficient (Wildman–Crippen LogP) is -0.114. The van der Waals surface area contributed by atoms with Crippen molar-refractivity contribution in [2.24, 2.45) is 5.14 Å². The minimum atomic E-state index is -3.75. The van der Waals surface area contributed by atoms with E-state index in [-0.39, 0.29) is 24.8 Å². The number of carbonyl (C=O) groups excluding carboxylic acids is 1. The molecule has 1 fully saturated rings. The van der Waals surface area contributed by atoms with E-state index < -0.39 is 15.3 Å². The van der Waals surface area contributed by atoms with Gasteiger partial charge in [0.05, 0.1) is 0 Å². The molecule has 106 valence electrons. The molecule has 1 aliphatic rings. The highest BCUT2D eigenvalue weighted by atomic mass is 79.9. The van der Waals surface area contributed by atoms with Gasteiger partial charge in [-0.3, -0.25) is 9.69 Å². The molecular weight excluding hydrogens is 350 g/mol. The van der Waals surface area contributed by atoms with Crippen molar-refractivity contribution in [1.82, 2.24) is 14.6 Å². The fraction of sp³-hybridized carbons (Fsp3) is 0.300. The Balaban J connectivity index is 1.97. The summed E-state index contributed by atoms with van der Waals surface area (Å²) in [5.74, 6) is -0.168. The number of hydrogen-bond acceptors (Lipinski definition) is 5. The molecule has 2 aromatic rings. The maximum absolute atomic E-state index is 11.9. The third-order valence-corrected chi connectivity index (χ3v) is 4.82. The summed E-state index contributed by atoms with van der Waals surface area (Å²) in [6.07, 6.45) is 1.55. The van der Waals surface area contributed by atoms with Gasteiger partial charge in [-0.25, -0.2) is 18.1 Å². The summed E-state index contributed by atoms with van der Waals surface area (Å²) in [4.78, 5) is 17.3. The Kier molecular flexibility index (Phi) is 3.03. The summed E-state index contributed by atoms with van der Waals surface area (Å²) in [6.45, 7) is -0.0181. The zero-order valence-corrected chi connectivity index (χ0v) is 12.5. The number of nitrogens with two attached hydrogens (primary N) is 1. The molecule has 10 heteroatoms. The second-order valence-electron chi connectivity index (χ2n) is 4.48. The maximum Gasteiger partial charge on any atom is 0.252 e. The summed E-state index contributed by atoms with van der Waals surface area (Å²) in [5.41, 5.74) is 0.557. The van der Waals surface area contributed by atoms with E-state index in [1.165, 1.54) is 9.42 Å². The number of halogens is 1. The quantitative estimate of drug-likeness (QED) is 0.803. The molecule has 20 heavy (non-hydrogen) atoms. The number of hydrogen-bond donors (Lipinski definition) is 1. The summed E-state index contributed by atoms with van der Waals surface area (Å²) in [7, 11) is -3.75. The van der Waals surface area contributed by atoms with Crippen LogP contribution in [0.25, 0.3) is 5.65 Å². The van der Waals surface area contributed by atoms with E-state index in [0.29, 0.717) is 5.65 Å². The Hall–Kier alpha value is -1.52. The summed E-state index contributed by atoms with van der Waals surface area (Å²) in [5, 5.41) is 8.33. The van der Waals surface area contributed by atoms with E-state index >= 15 is 0 Å². The molecule has 0 bridgehead atoms. The largest absolute Gasteiger partial charge is 0.278 e. The van der Waals surface area contributed by atoms with Gasteiger partial charge in [-0.1, -0.05) is 15.9 Å². The SMILES string of the molecule is NS(=O)(=O)C1CC(=O)N(c2nc3cc(Br)ccn3n2)C1. The van der Waals surface area contributed by atoms with E-state index in [1.54, 1.807) is 18.3 Å². The van der Waals surface area contributed by atoms with Crippen LogP contribution in [0.4, 0.5) is 5.95 Å². The molecule has 0 spiro atoms. The van der Waals surface area contributed by atoms with Crippen molar-refractivity contribution in [3.05, 3.63) is 22.8 Å². The lowest BCUT2D eigenvalue weighted by molar-refractivity contribution is -0.117. The number of nitrogens with zero attached hydrogens (tertiary/aromatic N) is 4. The van der Waals surface area contributed by atoms with Gasteiger partial charge in [0.15, 0.2) is 5.65 Å². The number of aromatic nitrogens is 3. The van der Waals surface area contributed by atoms with Crippen molar-refractivity contribution in [1.29, 1.82) is 0 Å². The number of pyridine rings is 1. The first-order chi connectivity index (χ1) is 9.34. The number of primary sulfonamides is 1. The lowest BCUT2D eigenvalue weighted by Gasteiger charge is -2.10. The zero-order chi connectivity index (χ0) is 14.5. The van der Waals surface area contributed by atoms with Crippen LogP contribution in [-0.2, 0) is 14.8 Å². The third-order valence-electron chi connectivity index (χ3n) is 3.08. The van der Waals surface area contributed by atoms with Gasteiger partial charge < -0.3 is 0 Å². The molecule has 1 atom stereocenters. The Morgan fingerprint density at radius 2 is 2.20 bits per heavy atom. The van der Waals surface area contributed by atoms with Crippen LogP contribution in [0.2, 0.25) is 0 Å². The average Bonchev–Trinajstić information content (AvgIpc) is 2.90. The van der Waals surface area contributed by atoms with Crippen molar-refractivity contribution in [3.63, 3.8) is 0 Å². The normalized spacial score (nSPS) is 20.0. The van der Waals surface area contributed by atoms with E-state index in [1.807, 2.05) is 0 Å². The maximum atomic E-state index is 11.9. The summed E-state index contributed by atoms with van der Waals surface area (Å²) in [6, 6.07) is 3.53. The van der Waals surface area contributed by atoms with Crippen LogP contribution in [0.3, 0.4) is 0 Å². The van der Waals surface area contributed by atoms with Crippen LogP contribution in [0.5, 0.6) is 0 Å². The van der Waals surface area contributed by atoms with E-state index in [0.717, 1.165) is 4.47 Å². The first kappa shape index (κ1) is 13.5. The Morgan fingerprint density at radius 3 is 2.85 bits per heavy atom. The molecular formula is C10H10BrN5O3S. The molecule has 1 amide bonds. The van der Waals surface area contributed by atoms with Crippen LogP contribution < -0.4 is 10.0 Å². The van der Waals surface area contributed by atoms with Crippen LogP contribution in [0.1, 0.15) is 6.42 Å².